The summed E-state index contributed by atoms with van der Waals surface area (Å²) < 4.78 is 36.2. The van der Waals surface area contributed by atoms with E-state index in [4.69, 9.17) is 10.0 Å². The Morgan fingerprint density at radius 3 is 2.29 bits per heavy atom. The minimum atomic E-state index is -4.56. The van der Waals surface area contributed by atoms with Crippen LogP contribution in [-0.2, 0) is 6.18 Å². The fourth-order valence-corrected chi connectivity index (χ4v) is 1.39. The van der Waals surface area contributed by atoms with Crippen molar-refractivity contribution >= 4 is 28.5 Å². The molecule has 0 aromatic carbocycles. The van der Waals surface area contributed by atoms with E-state index in [2.05, 4.69) is 20.9 Å². The van der Waals surface area contributed by atoms with Gasteiger partial charge in [-0.15, -0.1) is 0 Å². The maximum Gasteiger partial charge on any atom is 0.490 e. The predicted octanol–water partition coefficient (Wildman–Crippen LogP) is 0.543. The van der Waals surface area contributed by atoms with Gasteiger partial charge in [-0.1, -0.05) is 0 Å². The Hall–Kier alpha value is -0.595. The zero-order valence-electron chi connectivity index (χ0n) is 6.59. The Morgan fingerprint density at radius 2 is 1.93 bits per heavy atom. The molecule has 0 radical (unpaired) electrons. The van der Waals surface area contributed by atoms with Crippen LogP contribution in [0.1, 0.15) is 5.69 Å². The molecule has 2 N–H and O–H groups in total. The van der Waals surface area contributed by atoms with E-state index >= 15 is 0 Å². The van der Waals surface area contributed by atoms with Gasteiger partial charge in [-0.2, -0.15) is 13.2 Å². The average Bonchev–Trinajstić information content (AvgIpc) is 2.01. The minimum absolute atomic E-state index is 0.107. The van der Waals surface area contributed by atoms with E-state index in [1.54, 1.807) is 0 Å². The third-order valence-corrected chi connectivity index (χ3v) is 2.03. The molecule has 0 unspecified atom stereocenters. The van der Waals surface area contributed by atoms with Crippen molar-refractivity contribution in [2.24, 2.45) is 0 Å². The van der Waals surface area contributed by atoms with E-state index in [0.29, 0.717) is 0 Å². The number of pyridine rings is 1. The van der Waals surface area contributed by atoms with E-state index in [1.165, 1.54) is 0 Å². The highest BCUT2D eigenvalue weighted by Gasteiger charge is 2.35. The Bertz CT molecular complexity index is 344. The topological polar surface area (TPSA) is 53.4 Å². The number of rotatable bonds is 1. The van der Waals surface area contributed by atoms with Gasteiger partial charge in [0.05, 0.1) is 0 Å². The molecule has 0 aliphatic carbocycles. The van der Waals surface area contributed by atoms with E-state index in [-0.39, 0.29) is 9.94 Å². The zero-order valence-corrected chi connectivity index (χ0v) is 8.17. The summed E-state index contributed by atoms with van der Waals surface area (Å²) in [5.41, 5.74) is -1.20. The van der Waals surface area contributed by atoms with Crippen LogP contribution in [-0.4, -0.2) is 22.2 Å². The Morgan fingerprint density at radius 1 is 1.36 bits per heavy atom. The standard InChI is InChI=1S/C6H4BBrF3NO2/c8-4-1-3(7(13)14)2-12-5(4)6(9,10)11/h1-2,13-14H. The van der Waals surface area contributed by atoms with Gasteiger partial charge in [-0.3, -0.25) is 4.98 Å². The van der Waals surface area contributed by atoms with Gasteiger partial charge in [0.1, 0.15) is 0 Å². The molecule has 0 fully saturated rings. The maximum absolute atomic E-state index is 12.2. The molecule has 0 aliphatic rings. The predicted molar refractivity (Wildman–Crippen MR) is 46.8 cm³/mol. The van der Waals surface area contributed by atoms with Gasteiger partial charge in [-0.05, 0) is 22.0 Å². The second-order valence-electron chi connectivity index (χ2n) is 2.47. The molecule has 0 spiro atoms. The first-order valence-electron chi connectivity index (χ1n) is 3.41. The molecule has 3 nitrogen and oxygen atoms in total. The van der Waals surface area contributed by atoms with E-state index in [0.717, 1.165) is 12.3 Å². The van der Waals surface area contributed by atoms with Gasteiger partial charge in [0.15, 0.2) is 5.69 Å². The smallest absolute Gasteiger partial charge is 0.423 e. The van der Waals surface area contributed by atoms with Gasteiger partial charge in [0.2, 0.25) is 0 Å². The van der Waals surface area contributed by atoms with Crippen molar-refractivity contribution in [3.8, 4) is 0 Å². The van der Waals surface area contributed by atoms with Gasteiger partial charge in [-0.25, -0.2) is 0 Å². The van der Waals surface area contributed by atoms with Crippen LogP contribution in [0.25, 0.3) is 0 Å². The van der Waals surface area contributed by atoms with Crippen molar-refractivity contribution in [2.75, 3.05) is 0 Å². The fraction of sp³-hybridized carbons (Fsp3) is 0.167. The molecule has 1 aromatic rings. The van der Waals surface area contributed by atoms with Gasteiger partial charge >= 0.3 is 13.3 Å². The van der Waals surface area contributed by atoms with Crippen LogP contribution in [0.3, 0.4) is 0 Å². The van der Waals surface area contributed by atoms with Crippen molar-refractivity contribution in [2.45, 2.75) is 6.18 Å². The Kier molecular flexibility index (Phi) is 3.18. The van der Waals surface area contributed by atoms with Crippen LogP contribution >= 0.6 is 15.9 Å². The number of hydrogen-bond acceptors (Lipinski definition) is 3. The molecule has 1 aromatic heterocycles. The minimum Gasteiger partial charge on any atom is -0.423 e. The van der Waals surface area contributed by atoms with Gasteiger partial charge in [0, 0.05) is 16.1 Å². The molecule has 0 atom stereocenters. The van der Waals surface area contributed by atoms with Crippen LogP contribution < -0.4 is 5.46 Å². The van der Waals surface area contributed by atoms with Gasteiger partial charge in [0.25, 0.3) is 0 Å². The molecule has 0 saturated carbocycles. The molecule has 0 amide bonds. The normalized spacial score (nSPS) is 11.6. The first-order valence-corrected chi connectivity index (χ1v) is 4.20. The number of aromatic nitrogens is 1. The highest BCUT2D eigenvalue weighted by molar-refractivity contribution is 9.10. The van der Waals surface area contributed by atoms with Crippen molar-refractivity contribution < 1.29 is 23.2 Å². The molecule has 8 heteroatoms. The Labute approximate surface area is 85.9 Å². The molecule has 0 saturated heterocycles. The quantitative estimate of drug-likeness (QED) is 0.732. The molecular formula is C6H4BBrF3NO2. The van der Waals surface area contributed by atoms with Crippen molar-refractivity contribution in [3.63, 3.8) is 0 Å². The lowest BCUT2D eigenvalue weighted by atomic mass is 9.82. The average molecular weight is 270 g/mol. The van der Waals surface area contributed by atoms with Crippen molar-refractivity contribution in [3.05, 3.63) is 22.4 Å². The number of nitrogens with zero attached hydrogens (tertiary/aromatic N) is 1. The lowest BCUT2D eigenvalue weighted by Gasteiger charge is -2.08. The summed E-state index contributed by atoms with van der Waals surface area (Å²) in [4.78, 5) is 3.08. The van der Waals surface area contributed by atoms with Crippen LogP contribution in [0, 0.1) is 0 Å². The van der Waals surface area contributed by atoms with Crippen molar-refractivity contribution in [1.82, 2.24) is 4.98 Å². The molecule has 0 aliphatic heterocycles. The van der Waals surface area contributed by atoms with Crippen LogP contribution in [0.4, 0.5) is 13.2 Å². The summed E-state index contributed by atoms with van der Waals surface area (Å²) in [6, 6.07) is 0.959. The number of halogens is 4. The number of alkyl halides is 3. The fourth-order valence-electron chi connectivity index (χ4n) is 0.803. The summed E-state index contributed by atoms with van der Waals surface area (Å²) in [6.07, 6.45) is -3.80. The summed E-state index contributed by atoms with van der Waals surface area (Å²) in [5.74, 6) is 0. The molecule has 14 heavy (non-hydrogen) atoms. The van der Waals surface area contributed by atoms with Gasteiger partial charge < -0.3 is 10.0 Å². The Balaban J connectivity index is 3.15. The monoisotopic (exact) mass is 269 g/mol. The van der Waals surface area contributed by atoms with Crippen LogP contribution in [0.2, 0.25) is 0 Å². The molecule has 0 bridgehead atoms. The van der Waals surface area contributed by atoms with Crippen LogP contribution in [0.15, 0.2) is 16.7 Å². The third kappa shape index (κ3) is 2.46. The SMILES string of the molecule is OB(O)c1cnc(C(F)(F)F)c(Br)c1. The molecule has 76 valence electrons. The summed E-state index contributed by atoms with van der Waals surface area (Å²) in [5, 5.41) is 17.3. The lowest BCUT2D eigenvalue weighted by Crippen LogP contribution is -2.31. The second-order valence-corrected chi connectivity index (χ2v) is 3.32. The van der Waals surface area contributed by atoms with Crippen LogP contribution in [0.5, 0.6) is 0 Å². The van der Waals surface area contributed by atoms with E-state index in [9.17, 15) is 13.2 Å². The molecule has 1 heterocycles. The highest BCUT2D eigenvalue weighted by atomic mass is 79.9. The first-order chi connectivity index (χ1) is 6.32. The van der Waals surface area contributed by atoms with E-state index in [1.807, 2.05) is 0 Å². The third-order valence-electron chi connectivity index (χ3n) is 1.43. The first kappa shape index (κ1) is 11.5. The molecule has 1 rings (SSSR count). The highest BCUT2D eigenvalue weighted by Crippen LogP contribution is 2.32. The van der Waals surface area contributed by atoms with Crippen molar-refractivity contribution in [1.29, 1.82) is 0 Å². The maximum atomic E-state index is 12.2. The second kappa shape index (κ2) is 3.88. The summed E-state index contributed by atoms with van der Waals surface area (Å²) in [7, 11) is -1.83. The zero-order chi connectivity index (χ0) is 10.9. The largest absolute Gasteiger partial charge is 0.490 e. The molecular weight excluding hydrogens is 266 g/mol. The van der Waals surface area contributed by atoms with E-state index < -0.39 is 19.0 Å². The summed E-state index contributed by atoms with van der Waals surface area (Å²) >= 11 is 2.65. The lowest BCUT2D eigenvalue weighted by molar-refractivity contribution is -0.141. The number of hydrogen-bond donors (Lipinski definition) is 2. The summed E-state index contributed by atoms with van der Waals surface area (Å²) in [6.45, 7) is 0.